The number of ether oxygens (including phenoxy) is 2. The van der Waals surface area contributed by atoms with Crippen molar-refractivity contribution in [3.8, 4) is 17.1 Å². The maximum absolute atomic E-state index is 11.8. The highest BCUT2D eigenvalue weighted by atomic mass is 16.6. The van der Waals surface area contributed by atoms with Crippen molar-refractivity contribution >= 4 is 6.09 Å². The van der Waals surface area contributed by atoms with Gasteiger partial charge in [0, 0.05) is 31.7 Å². The second-order valence-corrected chi connectivity index (χ2v) is 7.27. The predicted octanol–water partition coefficient (Wildman–Crippen LogP) is 3.59. The normalized spacial score (nSPS) is 14.4. The van der Waals surface area contributed by atoms with Crippen LogP contribution in [0.2, 0.25) is 0 Å². The number of amides is 1. The Morgan fingerprint density at radius 1 is 1.03 bits per heavy atom. The van der Waals surface area contributed by atoms with Gasteiger partial charge in [0.25, 0.3) is 0 Å². The molecule has 162 valence electrons. The molecular weight excluding hydrogens is 396 g/mol. The Hall–Kier alpha value is -3.39. The zero-order valence-electron chi connectivity index (χ0n) is 17.6. The number of hydrogen-bond donors (Lipinski definition) is 0. The summed E-state index contributed by atoms with van der Waals surface area (Å²) in [5.74, 6) is 1.90. The minimum atomic E-state index is -0.251. The van der Waals surface area contributed by atoms with Gasteiger partial charge in [0.1, 0.15) is 12.4 Å². The molecule has 1 aromatic heterocycles. The molecule has 0 N–H and O–H groups in total. The molecule has 31 heavy (non-hydrogen) atoms. The number of piperazine rings is 1. The molecule has 3 aromatic rings. The van der Waals surface area contributed by atoms with Crippen LogP contribution >= 0.6 is 0 Å². The lowest BCUT2D eigenvalue weighted by Gasteiger charge is -2.33. The summed E-state index contributed by atoms with van der Waals surface area (Å²) in [5, 5.41) is 4.10. The Labute approximate surface area is 181 Å². The maximum Gasteiger partial charge on any atom is 0.409 e. The Kier molecular flexibility index (Phi) is 6.78. The van der Waals surface area contributed by atoms with Crippen LogP contribution in [0.4, 0.5) is 4.79 Å². The average molecular weight is 422 g/mol. The van der Waals surface area contributed by atoms with Crippen LogP contribution in [0, 0.1) is 0 Å². The summed E-state index contributed by atoms with van der Waals surface area (Å²) < 4.78 is 16.3. The van der Waals surface area contributed by atoms with E-state index in [0.29, 0.717) is 44.6 Å². The summed E-state index contributed by atoms with van der Waals surface area (Å²) in [5.41, 5.74) is 1.99. The molecule has 0 saturated carbocycles. The van der Waals surface area contributed by atoms with E-state index in [4.69, 9.17) is 14.0 Å². The van der Waals surface area contributed by atoms with Gasteiger partial charge < -0.3 is 18.9 Å². The highest BCUT2D eigenvalue weighted by Crippen LogP contribution is 2.21. The molecular formula is C23H26N4O4. The minimum absolute atomic E-state index is 0.251. The van der Waals surface area contributed by atoms with Crippen molar-refractivity contribution in [1.82, 2.24) is 19.9 Å². The van der Waals surface area contributed by atoms with Crippen molar-refractivity contribution in [2.45, 2.75) is 20.1 Å². The lowest BCUT2D eigenvalue weighted by atomic mass is 10.2. The molecule has 8 nitrogen and oxygen atoms in total. The zero-order valence-corrected chi connectivity index (χ0v) is 17.6. The van der Waals surface area contributed by atoms with Gasteiger partial charge in [-0.25, -0.2) is 4.79 Å². The number of carbonyl (C=O) groups excluding carboxylic acids is 1. The molecule has 2 heterocycles. The molecule has 2 aromatic carbocycles. The number of hydrogen-bond acceptors (Lipinski definition) is 7. The molecule has 1 amide bonds. The first-order valence-electron chi connectivity index (χ1n) is 10.4. The maximum atomic E-state index is 11.8. The van der Waals surface area contributed by atoms with E-state index < -0.39 is 0 Å². The van der Waals surface area contributed by atoms with Crippen LogP contribution in [0.15, 0.2) is 59.1 Å². The van der Waals surface area contributed by atoms with Crippen molar-refractivity contribution in [3.63, 3.8) is 0 Å². The Bertz CT molecular complexity index is 967. The van der Waals surface area contributed by atoms with Crippen LogP contribution in [0.5, 0.6) is 5.75 Å². The fourth-order valence-electron chi connectivity index (χ4n) is 3.37. The summed E-state index contributed by atoms with van der Waals surface area (Å²) in [7, 11) is 0. The van der Waals surface area contributed by atoms with E-state index in [1.165, 1.54) is 0 Å². The van der Waals surface area contributed by atoms with Crippen molar-refractivity contribution < 1.29 is 18.8 Å². The van der Waals surface area contributed by atoms with E-state index in [1.54, 1.807) is 4.90 Å². The van der Waals surface area contributed by atoms with Gasteiger partial charge in [-0.05, 0) is 36.8 Å². The Balaban J connectivity index is 1.28. The lowest BCUT2D eigenvalue weighted by Crippen LogP contribution is -2.48. The van der Waals surface area contributed by atoms with Crippen LogP contribution in [0.1, 0.15) is 18.4 Å². The van der Waals surface area contributed by atoms with Crippen LogP contribution in [0.25, 0.3) is 11.4 Å². The molecule has 1 fully saturated rings. The third-order valence-corrected chi connectivity index (χ3v) is 5.09. The topological polar surface area (TPSA) is 80.9 Å². The molecule has 0 atom stereocenters. The quantitative estimate of drug-likeness (QED) is 0.576. The van der Waals surface area contributed by atoms with E-state index in [-0.39, 0.29) is 6.09 Å². The van der Waals surface area contributed by atoms with E-state index in [9.17, 15) is 4.79 Å². The molecule has 4 rings (SSSR count). The van der Waals surface area contributed by atoms with Gasteiger partial charge in [-0.2, -0.15) is 4.98 Å². The van der Waals surface area contributed by atoms with E-state index >= 15 is 0 Å². The number of nitrogens with zero attached hydrogens (tertiary/aromatic N) is 4. The second-order valence-electron chi connectivity index (χ2n) is 7.27. The third kappa shape index (κ3) is 5.61. The molecule has 0 spiro atoms. The highest BCUT2D eigenvalue weighted by molar-refractivity contribution is 5.67. The van der Waals surface area contributed by atoms with Crippen LogP contribution in [-0.2, 0) is 17.9 Å². The summed E-state index contributed by atoms with van der Waals surface area (Å²) >= 11 is 0. The minimum Gasteiger partial charge on any atom is -0.489 e. The lowest BCUT2D eigenvalue weighted by molar-refractivity contribution is 0.0749. The first-order chi connectivity index (χ1) is 15.2. The van der Waals surface area contributed by atoms with Crippen molar-refractivity contribution in [2.24, 2.45) is 0 Å². The van der Waals surface area contributed by atoms with E-state index in [0.717, 1.165) is 30.0 Å². The summed E-state index contributed by atoms with van der Waals surface area (Å²) in [6.07, 6.45) is -0.251. The number of benzene rings is 2. The molecule has 1 saturated heterocycles. The fraction of sp³-hybridized carbons (Fsp3) is 0.348. The van der Waals surface area contributed by atoms with Gasteiger partial charge >= 0.3 is 6.09 Å². The average Bonchev–Trinajstić information content (AvgIpc) is 3.28. The molecule has 1 aliphatic rings. The van der Waals surface area contributed by atoms with Crippen molar-refractivity contribution in [3.05, 3.63) is 66.1 Å². The van der Waals surface area contributed by atoms with Crippen molar-refractivity contribution in [2.75, 3.05) is 32.8 Å². The summed E-state index contributed by atoms with van der Waals surface area (Å²) in [6.45, 7) is 6.02. The van der Waals surface area contributed by atoms with Crippen LogP contribution in [-0.4, -0.2) is 58.8 Å². The smallest absolute Gasteiger partial charge is 0.409 e. The Morgan fingerprint density at radius 2 is 1.77 bits per heavy atom. The zero-order chi connectivity index (χ0) is 21.5. The van der Waals surface area contributed by atoms with E-state index in [1.807, 2.05) is 61.5 Å². The van der Waals surface area contributed by atoms with Gasteiger partial charge in [0.05, 0.1) is 13.2 Å². The largest absolute Gasteiger partial charge is 0.489 e. The van der Waals surface area contributed by atoms with E-state index in [2.05, 4.69) is 15.0 Å². The standard InChI is InChI=1S/C23H26N4O4/c1-2-29-23(28)27-14-12-26(13-15-27)16-21-24-22(25-31-21)19-8-10-20(11-9-19)30-17-18-6-4-3-5-7-18/h3-11H,2,12-17H2,1H3. The molecule has 8 heteroatoms. The predicted molar refractivity (Wildman–Crippen MR) is 114 cm³/mol. The molecule has 1 aliphatic heterocycles. The summed E-state index contributed by atoms with van der Waals surface area (Å²) in [4.78, 5) is 20.2. The SMILES string of the molecule is CCOC(=O)N1CCN(Cc2nc(-c3ccc(OCc4ccccc4)cc3)no2)CC1. The van der Waals surface area contributed by atoms with Crippen LogP contribution in [0.3, 0.4) is 0 Å². The van der Waals surface area contributed by atoms with Gasteiger partial charge in [-0.1, -0.05) is 35.5 Å². The second kappa shape index (κ2) is 10.1. The monoisotopic (exact) mass is 422 g/mol. The van der Waals surface area contributed by atoms with Crippen LogP contribution < -0.4 is 4.74 Å². The fourth-order valence-corrected chi connectivity index (χ4v) is 3.37. The molecule has 0 unspecified atom stereocenters. The number of rotatable bonds is 7. The van der Waals surface area contributed by atoms with Gasteiger partial charge in [0.2, 0.25) is 11.7 Å². The molecule has 0 radical (unpaired) electrons. The first-order valence-corrected chi connectivity index (χ1v) is 10.4. The molecule has 0 bridgehead atoms. The number of carbonyl (C=O) groups is 1. The molecule has 0 aliphatic carbocycles. The number of aromatic nitrogens is 2. The van der Waals surface area contributed by atoms with Gasteiger partial charge in [0.15, 0.2) is 0 Å². The Morgan fingerprint density at radius 3 is 2.48 bits per heavy atom. The van der Waals surface area contributed by atoms with Gasteiger partial charge in [-0.15, -0.1) is 0 Å². The summed E-state index contributed by atoms with van der Waals surface area (Å²) in [6, 6.07) is 17.7. The third-order valence-electron chi connectivity index (χ3n) is 5.09. The highest BCUT2D eigenvalue weighted by Gasteiger charge is 2.23. The first kappa shape index (κ1) is 20.9. The van der Waals surface area contributed by atoms with Gasteiger partial charge in [-0.3, -0.25) is 4.90 Å². The van der Waals surface area contributed by atoms with Crippen molar-refractivity contribution in [1.29, 1.82) is 0 Å².